The fourth-order valence-electron chi connectivity index (χ4n) is 1.64. The summed E-state index contributed by atoms with van der Waals surface area (Å²) >= 11 is 9.14. The number of rotatable bonds is 2. The van der Waals surface area contributed by atoms with Crippen molar-refractivity contribution in [2.45, 2.75) is 6.92 Å². The molecule has 0 unspecified atom stereocenters. The molecular weight excluding hydrogens is 338 g/mol. The summed E-state index contributed by atoms with van der Waals surface area (Å²) in [5.74, 6) is -2.03. The van der Waals surface area contributed by atoms with Gasteiger partial charge in [-0.05, 0) is 42.8 Å². The molecule has 0 saturated heterocycles. The normalized spacial score (nSPS) is 10.6. The minimum absolute atomic E-state index is 0.131. The van der Waals surface area contributed by atoms with Crippen LogP contribution in [0.25, 0.3) is 0 Å². The summed E-state index contributed by atoms with van der Waals surface area (Å²) in [5, 5.41) is 0.180. The van der Waals surface area contributed by atoms with E-state index in [2.05, 4.69) is 15.9 Å². The number of aryl methyl sites for hydroxylation is 1. The molecule has 0 bridgehead atoms. The highest BCUT2D eigenvalue weighted by Gasteiger charge is 2.18. The Kier molecular flexibility index (Phi) is 4.02. The Bertz CT molecular complexity index is 671. The summed E-state index contributed by atoms with van der Waals surface area (Å²) in [6.45, 7) is 1.43. The van der Waals surface area contributed by atoms with Crippen molar-refractivity contribution in [2.24, 2.45) is 0 Å². The Labute approximate surface area is 122 Å². The standard InChI is InChI=1S/C14H8BrClF2O/c1-7-4-13(18)10(6-12(7)17)14(19)9-3-2-8(15)5-11(9)16/h2-6H,1H3. The maximum Gasteiger partial charge on any atom is 0.197 e. The third kappa shape index (κ3) is 2.85. The van der Waals surface area contributed by atoms with Crippen LogP contribution in [0, 0.1) is 18.6 Å². The predicted octanol–water partition coefficient (Wildman–Crippen LogP) is 4.92. The Morgan fingerprint density at radius 2 is 1.79 bits per heavy atom. The second kappa shape index (κ2) is 5.39. The molecule has 2 aromatic carbocycles. The molecule has 98 valence electrons. The van der Waals surface area contributed by atoms with E-state index in [9.17, 15) is 13.6 Å². The van der Waals surface area contributed by atoms with Crippen molar-refractivity contribution >= 4 is 33.3 Å². The van der Waals surface area contributed by atoms with Crippen LogP contribution in [0.5, 0.6) is 0 Å². The number of hydrogen-bond donors (Lipinski definition) is 0. The summed E-state index contributed by atoms with van der Waals surface area (Å²) < 4.78 is 27.9. The summed E-state index contributed by atoms with van der Waals surface area (Å²) in [6, 6.07) is 6.49. The SMILES string of the molecule is Cc1cc(F)c(C(=O)c2ccc(Br)cc2Cl)cc1F. The average Bonchev–Trinajstić information content (AvgIpc) is 2.33. The van der Waals surface area contributed by atoms with Gasteiger partial charge in [-0.15, -0.1) is 0 Å². The molecule has 1 nitrogen and oxygen atoms in total. The lowest BCUT2D eigenvalue weighted by Crippen LogP contribution is -2.06. The van der Waals surface area contributed by atoms with Gasteiger partial charge in [-0.1, -0.05) is 27.5 Å². The molecule has 0 saturated carbocycles. The Balaban J connectivity index is 2.53. The highest BCUT2D eigenvalue weighted by molar-refractivity contribution is 9.10. The molecule has 0 aliphatic carbocycles. The highest BCUT2D eigenvalue weighted by atomic mass is 79.9. The molecule has 0 radical (unpaired) electrons. The van der Waals surface area contributed by atoms with E-state index in [4.69, 9.17) is 11.6 Å². The Morgan fingerprint density at radius 3 is 2.42 bits per heavy atom. The first kappa shape index (κ1) is 14.2. The zero-order chi connectivity index (χ0) is 14.2. The molecule has 0 aromatic heterocycles. The number of carbonyl (C=O) groups is 1. The smallest absolute Gasteiger partial charge is 0.197 e. The molecule has 0 aliphatic heterocycles. The number of benzene rings is 2. The highest BCUT2D eigenvalue weighted by Crippen LogP contribution is 2.25. The van der Waals surface area contributed by atoms with Gasteiger partial charge in [0.05, 0.1) is 10.6 Å². The quantitative estimate of drug-likeness (QED) is 0.706. The van der Waals surface area contributed by atoms with E-state index in [1.807, 2.05) is 0 Å². The van der Waals surface area contributed by atoms with E-state index in [1.54, 1.807) is 6.07 Å². The first-order valence-corrected chi connectivity index (χ1v) is 6.52. The molecule has 2 rings (SSSR count). The van der Waals surface area contributed by atoms with Gasteiger partial charge in [0.2, 0.25) is 0 Å². The number of carbonyl (C=O) groups excluding carboxylic acids is 1. The molecule has 0 N–H and O–H groups in total. The van der Waals surface area contributed by atoms with Crippen LogP contribution in [0.3, 0.4) is 0 Å². The maximum absolute atomic E-state index is 13.7. The summed E-state index contributed by atoms with van der Waals surface area (Å²) in [4.78, 5) is 12.2. The number of ketones is 1. The zero-order valence-corrected chi connectivity index (χ0v) is 12.1. The molecule has 0 aliphatic rings. The fraction of sp³-hybridized carbons (Fsp3) is 0.0714. The van der Waals surface area contributed by atoms with E-state index < -0.39 is 17.4 Å². The minimum Gasteiger partial charge on any atom is -0.288 e. The molecule has 0 spiro atoms. The topological polar surface area (TPSA) is 17.1 Å². The van der Waals surface area contributed by atoms with E-state index in [1.165, 1.54) is 19.1 Å². The van der Waals surface area contributed by atoms with Crippen molar-refractivity contribution in [2.75, 3.05) is 0 Å². The van der Waals surface area contributed by atoms with Crippen LogP contribution < -0.4 is 0 Å². The van der Waals surface area contributed by atoms with Gasteiger partial charge in [-0.25, -0.2) is 8.78 Å². The van der Waals surface area contributed by atoms with Gasteiger partial charge in [0.1, 0.15) is 11.6 Å². The number of halogens is 4. The second-order valence-corrected chi connectivity index (χ2v) is 5.36. The molecule has 0 amide bonds. The van der Waals surface area contributed by atoms with Crippen LogP contribution in [0.1, 0.15) is 21.5 Å². The van der Waals surface area contributed by atoms with Crippen LogP contribution in [-0.4, -0.2) is 5.78 Å². The van der Waals surface area contributed by atoms with E-state index in [0.29, 0.717) is 4.47 Å². The fourth-order valence-corrected chi connectivity index (χ4v) is 2.40. The van der Waals surface area contributed by atoms with Gasteiger partial charge in [-0.3, -0.25) is 4.79 Å². The van der Waals surface area contributed by atoms with Gasteiger partial charge in [0, 0.05) is 10.0 Å². The van der Waals surface area contributed by atoms with Crippen molar-refractivity contribution < 1.29 is 13.6 Å². The number of hydrogen-bond acceptors (Lipinski definition) is 1. The molecule has 5 heteroatoms. The molecule has 0 fully saturated rings. The van der Waals surface area contributed by atoms with Gasteiger partial charge in [0.15, 0.2) is 5.78 Å². The van der Waals surface area contributed by atoms with Gasteiger partial charge < -0.3 is 0 Å². The largest absolute Gasteiger partial charge is 0.288 e. The van der Waals surface area contributed by atoms with Crippen molar-refractivity contribution in [3.05, 3.63) is 68.2 Å². The summed E-state index contributed by atoms with van der Waals surface area (Å²) in [6.07, 6.45) is 0. The van der Waals surface area contributed by atoms with Crippen molar-refractivity contribution in [3.8, 4) is 0 Å². The van der Waals surface area contributed by atoms with Crippen molar-refractivity contribution in [1.29, 1.82) is 0 Å². The van der Waals surface area contributed by atoms with Crippen LogP contribution in [0.4, 0.5) is 8.78 Å². The van der Waals surface area contributed by atoms with E-state index in [-0.39, 0.29) is 21.7 Å². The lowest BCUT2D eigenvalue weighted by molar-refractivity contribution is 0.103. The molecular formula is C14H8BrClF2O. The molecule has 2 aromatic rings. The maximum atomic E-state index is 13.7. The predicted molar refractivity (Wildman–Crippen MR) is 73.7 cm³/mol. The zero-order valence-electron chi connectivity index (χ0n) is 9.81. The molecule has 0 atom stereocenters. The van der Waals surface area contributed by atoms with Gasteiger partial charge in [0.25, 0.3) is 0 Å². The first-order chi connectivity index (χ1) is 8.90. The van der Waals surface area contributed by atoms with Crippen LogP contribution >= 0.6 is 27.5 Å². The molecule has 19 heavy (non-hydrogen) atoms. The average molecular weight is 346 g/mol. The minimum atomic E-state index is -0.761. The molecule has 0 heterocycles. The van der Waals surface area contributed by atoms with Crippen LogP contribution in [0.15, 0.2) is 34.8 Å². The Morgan fingerprint density at radius 1 is 1.11 bits per heavy atom. The lowest BCUT2D eigenvalue weighted by Gasteiger charge is -2.07. The lowest BCUT2D eigenvalue weighted by atomic mass is 10.0. The van der Waals surface area contributed by atoms with Gasteiger partial charge >= 0.3 is 0 Å². The van der Waals surface area contributed by atoms with E-state index >= 15 is 0 Å². The summed E-state index contributed by atoms with van der Waals surface area (Å²) in [5.41, 5.74) is -0.0460. The van der Waals surface area contributed by atoms with Gasteiger partial charge in [-0.2, -0.15) is 0 Å². The summed E-state index contributed by atoms with van der Waals surface area (Å²) in [7, 11) is 0. The monoisotopic (exact) mass is 344 g/mol. The second-order valence-electron chi connectivity index (χ2n) is 4.03. The first-order valence-electron chi connectivity index (χ1n) is 5.35. The van der Waals surface area contributed by atoms with Crippen LogP contribution in [0.2, 0.25) is 5.02 Å². The van der Waals surface area contributed by atoms with Crippen LogP contribution in [-0.2, 0) is 0 Å². The third-order valence-corrected chi connectivity index (χ3v) is 3.47. The van der Waals surface area contributed by atoms with E-state index in [0.717, 1.165) is 12.1 Å². The third-order valence-electron chi connectivity index (χ3n) is 2.67. The van der Waals surface area contributed by atoms with Crippen molar-refractivity contribution in [3.63, 3.8) is 0 Å². The van der Waals surface area contributed by atoms with Crippen molar-refractivity contribution in [1.82, 2.24) is 0 Å². The Hall–Kier alpha value is -1.26.